The lowest BCUT2D eigenvalue weighted by Gasteiger charge is -2.12. The van der Waals surface area contributed by atoms with Gasteiger partial charge in [-0.15, -0.1) is 0 Å². The molecule has 0 unspecified atom stereocenters. The number of rotatable bonds is 6. The molecule has 0 aliphatic rings. The van der Waals surface area contributed by atoms with Crippen molar-refractivity contribution in [2.24, 2.45) is 0 Å². The second-order valence-electron chi connectivity index (χ2n) is 5.72. The predicted molar refractivity (Wildman–Crippen MR) is 91.9 cm³/mol. The van der Waals surface area contributed by atoms with Crippen LogP contribution in [0.2, 0.25) is 0 Å². The van der Waals surface area contributed by atoms with Crippen molar-refractivity contribution >= 4 is 11.0 Å². The summed E-state index contributed by atoms with van der Waals surface area (Å²) in [5.41, 5.74) is 4.43. The number of imidazole rings is 1. The van der Waals surface area contributed by atoms with E-state index in [1.165, 1.54) is 5.56 Å². The minimum Gasteiger partial charge on any atom is -0.485 e. The third kappa shape index (κ3) is 3.37. The highest BCUT2D eigenvalue weighted by atomic mass is 16.5. The van der Waals surface area contributed by atoms with Crippen molar-refractivity contribution in [2.75, 3.05) is 13.7 Å². The minimum absolute atomic E-state index is 0.447. The first-order valence-electron chi connectivity index (χ1n) is 7.82. The standard InChI is InChI=1S/C19H22N2O2/c1-14-8-9-15(2)18(12-14)23-13-19-20-16-6-4-5-7-17(16)21(19)10-11-22-3/h4-9,12H,10-11,13H2,1-3H3. The largest absolute Gasteiger partial charge is 0.485 e. The predicted octanol–water partition coefficient (Wildman–Crippen LogP) is 3.88. The first kappa shape index (κ1) is 15.6. The topological polar surface area (TPSA) is 36.3 Å². The van der Waals surface area contributed by atoms with Gasteiger partial charge < -0.3 is 14.0 Å². The minimum atomic E-state index is 0.447. The van der Waals surface area contributed by atoms with Gasteiger partial charge in [-0.3, -0.25) is 0 Å². The van der Waals surface area contributed by atoms with Gasteiger partial charge in [0.25, 0.3) is 0 Å². The highest BCUT2D eigenvalue weighted by Crippen LogP contribution is 2.22. The summed E-state index contributed by atoms with van der Waals surface area (Å²) in [5, 5.41) is 0. The zero-order chi connectivity index (χ0) is 16.2. The fourth-order valence-electron chi connectivity index (χ4n) is 2.67. The Labute approximate surface area is 136 Å². The Bertz CT molecular complexity index is 808. The molecule has 0 aliphatic heterocycles. The molecule has 0 amide bonds. The van der Waals surface area contributed by atoms with Crippen LogP contribution in [0.1, 0.15) is 17.0 Å². The van der Waals surface area contributed by atoms with E-state index in [-0.39, 0.29) is 0 Å². The van der Waals surface area contributed by atoms with Crippen LogP contribution in [0.5, 0.6) is 5.75 Å². The van der Waals surface area contributed by atoms with E-state index in [0.29, 0.717) is 13.2 Å². The molecule has 1 heterocycles. The lowest BCUT2D eigenvalue weighted by molar-refractivity contribution is 0.185. The number of aromatic nitrogens is 2. The van der Waals surface area contributed by atoms with Gasteiger partial charge in [-0.2, -0.15) is 0 Å². The van der Waals surface area contributed by atoms with Gasteiger partial charge in [0.2, 0.25) is 0 Å². The van der Waals surface area contributed by atoms with Crippen LogP contribution >= 0.6 is 0 Å². The Kier molecular flexibility index (Phi) is 4.63. The summed E-state index contributed by atoms with van der Waals surface area (Å²) in [6.45, 7) is 5.99. The van der Waals surface area contributed by atoms with E-state index in [9.17, 15) is 0 Å². The fourth-order valence-corrected chi connectivity index (χ4v) is 2.67. The first-order valence-corrected chi connectivity index (χ1v) is 7.82. The monoisotopic (exact) mass is 310 g/mol. The van der Waals surface area contributed by atoms with E-state index in [2.05, 4.69) is 42.7 Å². The second kappa shape index (κ2) is 6.84. The average molecular weight is 310 g/mol. The quantitative estimate of drug-likeness (QED) is 0.693. The number of hydrogen-bond donors (Lipinski definition) is 0. The maximum absolute atomic E-state index is 6.03. The van der Waals surface area contributed by atoms with Gasteiger partial charge in [0.15, 0.2) is 0 Å². The van der Waals surface area contributed by atoms with E-state index >= 15 is 0 Å². The van der Waals surface area contributed by atoms with Gasteiger partial charge in [0.1, 0.15) is 18.2 Å². The van der Waals surface area contributed by atoms with Crippen molar-refractivity contribution in [3.05, 3.63) is 59.4 Å². The lowest BCUT2D eigenvalue weighted by atomic mass is 10.1. The third-order valence-electron chi connectivity index (χ3n) is 3.95. The molecule has 0 bridgehead atoms. The normalized spacial score (nSPS) is 11.1. The van der Waals surface area contributed by atoms with E-state index in [1.54, 1.807) is 7.11 Å². The molecule has 0 saturated heterocycles. The molecule has 23 heavy (non-hydrogen) atoms. The van der Waals surface area contributed by atoms with Crippen LogP contribution in [0, 0.1) is 13.8 Å². The Morgan fingerprint density at radius 1 is 1.09 bits per heavy atom. The summed E-state index contributed by atoms with van der Waals surface area (Å²) in [7, 11) is 1.71. The van der Waals surface area contributed by atoms with Crippen molar-refractivity contribution in [3.8, 4) is 5.75 Å². The molecule has 4 heteroatoms. The molecule has 0 fully saturated rings. The molecule has 2 aromatic carbocycles. The number of fused-ring (bicyclic) bond motifs is 1. The number of ether oxygens (including phenoxy) is 2. The molecule has 1 aromatic heterocycles. The highest BCUT2D eigenvalue weighted by Gasteiger charge is 2.11. The van der Waals surface area contributed by atoms with Gasteiger partial charge in [-0.05, 0) is 43.2 Å². The number of nitrogens with zero attached hydrogens (tertiary/aromatic N) is 2. The van der Waals surface area contributed by atoms with Crippen molar-refractivity contribution < 1.29 is 9.47 Å². The van der Waals surface area contributed by atoms with E-state index < -0.39 is 0 Å². The van der Waals surface area contributed by atoms with E-state index in [1.807, 2.05) is 18.2 Å². The Morgan fingerprint density at radius 3 is 2.74 bits per heavy atom. The number of hydrogen-bond acceptors (Lipinski definition) is 3. The van der Waals surface area contributed by atoms with Gasteiger partial charge in [-0.1, -0.05) is 24.3 Å². The zero-order valence-electron chi connectivity index (χ0n) is 13.9. The Morgan fingerprint density at radius 2 is 1.91 bits per heavy atom. The van der Waals surface area contributed by atoms with E-state index in [0.717, 1.165) is 34.7 Å². The molecule has 0 atom stereocenters. The SMILES string of the molecule is COCCn1c(COc2cc(C)ccc2C)nc2ccccc21. The van der Waals surface area contributed by atoms with Crippen molar-refractivity contribution in [1.82, 2.24) is 9.55 Å². The number of methoxy groups -OCH3 is 1. The van der Waals surface area contributed by atoms with Crippen LogP contribution < -0.4 is 4.74 Å². The second-order valence-corrected chi connectivity index (χ2v) is 5.72. The van der Waals surface area contributed by atoms with Crippen molar-refractivity contribution in [2.45, 2.75) is 27.0 Å². The molecule has 4 nitrogen and oxygen atoms in total. The maximum atomic E-state index is 6.03. The molecular formula is C19H22N2O2. The molecule has 3 rings (SSSR count). The van der Waals surface area contributed by atoms with Gasteiger partial charge in [0, 0.05) is 13.7 Å². The average Bonchev–Trinajstić information content (AvgIpc) is 2.91. The highest BCUT2D eigenvalue weighted by molar-refractivity contribution is 5.75. The summed E-state index contributed by atoms with van der Waals surface area (Å²) in [5.74, 6) is 1.83. The van der Waals surface area contributed by atoms with E-state index in [4.69, 9.17) is 14.5 Å². The van der Waals surface area contributed by atoms with Crippen molar-refractivity contribution in [3.63, 3.8) is 0 Å². The number of para-hydroxylation sites is 2. The summed E-state index contributed by atoms with van der Waals surface area (Å²) in [6, 6.07) is 14.4. The summed E-state index contributed by atoms with van der Waals surface area (Å²) in [6.07, 6.45) is 0. The summed E-state index contributed by atoms with van der Waals surface area (Å²) < 4.78 is 13.4. The number of aryl methyl sites for hydroxylation is 2. The molecule has 0 N–H and O–H groups in total. The molecule has 3 aromatic rings. The molecule has 120 valence electrons. The molecule has 0 radical (unpaired) electrons. The lowest BCUT2D eigenvalue weighted by Crippen LogP contribution is -2.11. The Hall–Kier alpha value is -2.33. The molecular weight excluding hydrogens is 288 g/mol. The van der Waals surface area contributed by atoms with Crippen LogP contribution in [0.4, 0.5) is 0 Å². The van der Waals surface area contributed by atoms with Crippen LogP contribution in [0.3, 0.4) is 0 Å². The summed E-state index contributed by atoms with van der Waals surface area (Å²) in [4.78, 5) is 4.72. The fraction of sp³-hybridized carbons (Fsp3) is 0.316. The van der Waals surface area contributed by atoms with Gasteiger partial charge in [-0.25, -0.2) is 4.98 Å². The van der Waals surface area contributed by atoms with Gasteiger partial charge >= 0.3 is 0 Å². The number of benzene rings is 2. The Balaban J connectivity index is 1.88. The van der Waals surface area contributed by atoms with Gasteiger partial charge in [0.05, 0.1) is 17.6 Å². The first-order chi connectivity index (χ1) is 11.2. The van der Waals surface area contributed by atoms with Crippen LogP contribution in [0.15, 0.2) is 42.5 Å². The smallest absolute Gasteiger partial charge is 0.148 e. The van der Waals surface area contributed by atoms with Crippen LogP contribution in [-0.4, -0.2) is 23.3 Å². The molecule has 0 spiro atoms. The molecule has 0 aliphatic carbocycles. The van der Waals surface area contributed by atoms with Crippen LogP contribution in [0.25, 0.3) is 11.0 Å². The maximum Gasteiger partial charge on any atom is 0.148 e. The summed E-state index contributed by atoms with van der Waals surface area (Å²) >= 11 is 0. The van der Waals surface area contributed by atoms with Crippen molar-refractivity contribution in [1.29, 1.82) is 0 Å². The zero-order valence-corrected chi connectivity index (χ0v) is 13.9. The van der Waals surface area contributed by atoms with Crippen LogP contribution in [-0.2, 0) is 17.9 Å². The molecule has 0 saturated carbocycles. The third-order valence-corrected chi connectivity index (χ3v) is 3.95.